The Balaban J connectivity index is 2.33. The summed E-state index contributed by atoms with van der Waals surface area (Å²) < 4.78 is 14.2. The quantitative estimate of drug-likeness (QED) is 0.745. The van der Waals surface area contributed by atoms with Gasteiger partial charge in [0.1, 0.15) is 11.4 Å². The summed E-state index contributed by atoms with van der Waals surface area (Å²) in [5.41, 5.74) is -0.626. The fourth-order valence-corrected chi connectivity index (χ4v) is 2.20. The average molecular weight is 209 g/mol. The molecule has 0 saturated carbocycles. The molecule has 2 rings (SSSR count). The van der Waals surface area contributed by atoms with Crippen LogP contribution in [0.4, 0.5) is 4.39 Å². The van der Waals surface area contributed by atoms with Crippen LogP contribution in [-0.4, -0.2) is 17.3 Å². The fraction of sp³-hybridized carbons (Fsp3) is 0.500. The first-order valence-corrected chi connectivity index (χ1v) is 5.31. The highest BCUT2D eigenvalue weighted by molar-refractivity contribution is 5.36. The molecule has 1 aromatic rings. The first-order valence-electron chi connectivity index (χ1n) is 5.31. The molecule has 0 aromatic heterocycles. The molecule has 2 atom stereocenters. The van der Waals surface area contributed by atoms with Crippen LogP contribution in [0.25, 0.3) is 0 Å². The molecule has 1 aliphatic rings. The molecule has 1 saturated heterocycles. The number of phenols is 1. The third kappa shape index (κ3) is 1.97. The van der Waals surface area contributed by atoms with Gasteiger partial charge in [-0.1, -0.05) is 18.2 Å². The zero-order valence-electron chi connectivity index (χ0n) is 8.83. The number of halogens is 1. The second kappa shape index (κ2) is 3.81. The van der Waals surface area contributed by atoms with E-state index in [4.69, 9.17) is 0 Å². The monoisotopic (exact) mass is 209 g/mol. The number of nitrogens with one attached hydrogen (secondary N) is 1. The van der Waals surface area contributed by atoms with Crippen molar-refractivity contribution in [2.24, 2.45) is 0 Å². The lowest BCUT2D eigenvalue weighted by Gasteiger charge is -2.36. The maximum atomic E-state index is 14.2. The van der Waals surface area contributed by atoms with Crippen molar-refractivity contribution in [3.8, 4) is 5.75 Å². The number of para-hydroxylation sites is 1. The molecule has 0 amide bonds. The van der Waals surface area contributed by atoms with Crippen LogP contribution in [0.5, 0.6) is 5.75 Å². The molecule has 1 heterocycles. The van der Waals surface area contributed by atoms with Crippen LogP contribution < -0.4 is 5.32 Å². The standard InChI is InChI=1S/C12H16FNO/c1-12(13)7-4-8-14-11(12)9-5-2-3-6-10(9)15/h2-3,5-6,11,14-15H,4,7-8H2,1H3. The zero-order valence-corrected chi connectivity index (χ0v) is 8.83. The molecule has 82 valence electrons. The van der Waals surface area contributed by atoms with E-state index < -0.39 is 11.7 Å². The lowest BCUT2D eigenvalue weighted by atomic mass is 9.84. The van der Waals surface area contributed by atoms with Gasteiger partial charge in [0.05, 0.1) is 6.04 Å². The Morgan fingerprint density at radius 3 is 2.87 bits per heavy atom. The number of aromatic hydroxyl groups is 1. The Kier molecular flexibility index (Phi) is 2.65. The Bertz CT molecular complexity index is 351. The van der Waals surface area contributed by atoms with E-state index in [1.807, 2.05) is 6.07 Å². The Morgan fingerprint density at radius 2 is 2.20 bits per heavy atom. The summed E-state index contributed by atoms with van der Waals surface area (Å²) in [5, 5.41) is 12.8. The van der Waals surface area contributed by atoms with Gasteiger partial charge in [-0.05, 0) is 32.4 Å². The van der Waals surface area contributed by atoms with Gasteiger partial charge < -0.3 is 10.4 Å². The SMILES string of the molecule is CC1(F)CCCNC1c1ccccc1O. The highest BCUT2D eigenvalue weighted by Crippen LogP contribution is 2.39. The van der Waals surface area contributed by atoms with E-state index in [9.17, 15) is 9.50 Å². The molecule has 3 heteroatoms. The van der Waals surface area contributed by atoms with E-state index in [-0.39, 0.29) is 5.75 Å². The van der Waals surface area contributed by atoms with Crippen molar-refractivity contribution < 1.29 is 9.50 Å². The molecule has 0 bridgehead atoms. The molecule has 1 aliphatic heterocycles. The summed E-state index contributed by atoms with van der Waals surface area (Å²) in [6, 6.07) is 6.55. The first kappa shape index (κ1) is 10.4. The van der Waals surface area contributed by atoms with E-state index in [1.165, 1.54) is 0 Å². The van der Waals surface area contributed by atoms with E-state index in [0.29, 0.717) is 12.0 Å². The van der Waals surface area contributed by atoms with Gasteiger partial charge in [-0.25, -0.2) is 4.39 Å². The molecule has 15 heavy (non-hydrogen) atoms. The molecule has 1 fully saturated rings. The van der Waals surface area contributed by atoms with Crippen LogP contribution in [0.15, 0.2) is 24.3 Å². The maximum absolute atomic E-state index is 14.2. The summed E-state index contributed by atoms with van der Waals surface area (Å²) >= 11 is 0. The van der Waals surface area contributed by atoms with Crippen molar-refractivity contribution in [2.75, 3.05) is 6.54 Å². The number of hydrogen-bond acceptors (Lipinski definition) is 2. The van der Waals surface area contributed by atoms with E-state index in [0.717, 1.165) is 13.0 Å². The van der Waals surface area contributed by atoms with Crippen LogP contribution in [0.3, 0.4) is 0 Å². The minimum Gasteiger partial charge on any atom is -0.508 e. The van der Waals surface area contributed by atoms with Gasteiger partial charge in [-0.2, -0.15) is 0 Å². The highest BCUT2D eigenvalue weighted by Gasteiger charge is 2.38. The Hall–Kier alpha value is -1.09. The minimum atomic E-state index is -1.28. The molecule has 0 radical (unpaired) electrons. The predicted octanol–water partition coefficient (Wildman–Crippen LogP) is 2.54. The Labute approximate surface area is 89.1 Å². The van der Waals surface area contributed by atoms with Gasteiger partial charge in [0, 0.05) is 5.56 Å². The van der Waals surface area contributed by atoms with Crippen molar-refractivity contribution in [3.63, 3.8) is 0 Å². The highest BCUT2D eigenvalue weighted by atomic mass is 19.1. The molecule has 0 aliphatic carbocycles. The lowest BCUT2D eigenvalue weighted by molar-refractivity contribution is 0.0869. The van der Waals surface area contributed by atoms with Crippen LogP contribution >= 0.6 is 0 Å². The van der Waals surface area contributed by atoms with Gasteiger partial charge in [0.25, 0.3) is 0 Å². The van der Waals surface area contributed by atoms with Gasteiger partial charge in [0.2, 0.25) is 0 Å². The Morgan fingerprint density at radius 1 is 1.47 bits per heavy atom. The second-order valence-electron chi connectivity index (χ2n) is 4.33. The average Bonchev–Trinajstić information content (AvgIpc) is 2.19. The molecule has 2 unspecified atom stereocenters. The van der Waals surface area contributed by atoms with Crippen molar-refractivity contribution in [3.05, 3.63) is 29.8 Å². The summed E-state index contributed by atoms with van der Waals surface area (Å²) in [6.07, 6.45) is 1.39. The van der Waals surface area contributed by atoms with Crippen LogP contribution in [0.2, 0.25) is 0 Å². The van der Waals surface area contributed by atoms with Crippen molar-refractivity contribution in [1.82, 2.24) is 5.32 Å². The predicted molar refractivity (Wildman–Crippen MR) is 57.6 cm³/mol. The largest absolute Gasteiger partial charge is 0.508 e. The second-order valence-corrected chi connectivity index (χ2v) is 4.33. The fourth-order valence-electron chi connectivity index (χ4n) is 2.20. The lowest BCUT2D eigenvalue weighted by Crippen LogP contribution is -2.43. The molecule has 2 nitrogen and oxygen atoms in total. The summed E-state index contributed by atoms with van der Waals surface area (Å²) in [5.74, 6) is 0.167. The molecular formula is C12H16FNO. The van der Waals surface area contributed by atoms with Crippen molar-refractivity contribution in [1.29, 1.82) is 0 Å². The number of hydrogen-bond donors (Lipinski definition) is 2. The molecule has 2 N–H and O–H groups in total. The summed E-state index contributed by atoms with van der Waals surface area (Å²) in [6.45, 7) is 2.40. The van der Waals surface area contributed by atoms with E-state index >= 15 is 0 Å². The van der Waals surface area contributed by atoms with E-state index in [1.54, 1.807) is 25.1 Å². The van der Waals surface area contributed by atoms with Gasteiger partial charge >= 0.3 is 0 Å². The van der Waals surface area contributed by atoms with Crippen LogP contribution in [-0.2, 0) is 0 Å². The van der Waals surface area contributed by atoms with Crippen LogP contribution in [0.1, 0.15) is 31.4 Å². The third-order valence-corrected chi connectivity index (χ3v) is 3.04. The zero-order chi connectivity index (χ0) is 10.9. The third-order valence-electron chi connectivity index (χ3n) is 3.04. The first-order chi connectivity index (χ1) is 7.11. The topological polar surface area (TPSA) is 32.3 Å². The number of alkyl halides is 1. The van der Waals surface area contributed by atoms with E-state index in [2.05, 4.69) is 5.32 Å². The van der Waals surface area contributed by atoms with Crippen molar-refractivity contribution >= 4 is 0 Å². The number of piperidine rings is 1. The molecular weight excluding hydrogens is 193 g/mol. The maximum Gasteiger partial charge on any atom is 0.127 e. The van der Waals surface area contributed by atoms with Gasteiger partial charge in [0.15, 0.2) is 0 Å². The van der Waals surface area contributed by atoms with Crippen LogP contribution in [0, 0.1) is 0 Å². The smallest absolute Gasteiger partial charge is 0.127 e. The van der Waals surface area contributed by atoms with Gasteiger partial charge in [-0.3, -0.25) is 0 Å². The van der Waals surface area contributed by atoms with Gasteiger partial charge in [-0.15, -0.1) is 0 Å². The molecule has 0 spiro atoms. The summed E-state index contributed by atoms with van der Waals surface area (Å²) in [4.78, 5) is 0. The molecule has 1 aromatic carbocycles. The number of rotatable bonds is 1. The normalized spacial score (nSPS) is 31.5. The number of phenolic OH excluding ortho intramolecular Hbond substituents is 1. The minimum absolute atomic E-state index is 0.167. The van der Waals surface area contributed by atoms with Crippen molar-refractivity contribution in [2.45, 2.75) is 31.5 Å². The number of benzene rings is 1. The summed E-state index contributed by atoms with van der Waals surface area (Å²) in [7, 11) is 0.